The van der Waals surface area contributed by atoms with E-state index < -0.39 is 39.6 Å². The summed E-state index contributed by atoms with van der Waals surface area (Å²) in [5, 5.41) is 9.44. The van der Waals surface area contributed by atoms with Crippen LogP contribution in [0.15, 0.2) is 41.6 Å². The number of hydrogen-bond acceptors (Lipinski definition) is 7. The summed E-state index contributed by atoms with van der Waals surface area (Å²) in [5.74, 6) is -0.214. The minimum absolute atomic E-state index is 0.00922. The Morgan fingerprint density at radius 1 is 1.03 bits per heavy atom. The number of piperazine rings is 1. The van der Waals surface area contributed by atoms with Crippen LogP contribution in [0.25, 0.3) is 0 Å². The van der Waals surface area contributed by atoms with Crippen molar-refractivity contribution in [3.8, 4) is 0 Å². The predicted molar refractivity (Wildman–Crippen MR) is 104 cm³/mol. The first-order valence-electron chi connectivity index (χ1n) is 9.40. The quantitative estimate of drug-likeness (QED) is 0.490. The SMILES string of the molecule is CC1CN(S(=O)(=O)c2ccccc2N)CCN1c1ncc(C(O)(C(F)(F)F)C(F)(F)F)cn1. The first-order chi connectivity index (χ1) is 15.1. The molecule has 3 N–H and O–H groups in total. The van der Waals surface area contributed by atoms with Gasteiger partial charge in [0.25, 0.3) is 5.60 Å². The highest BCUT2D eigenvalue weighted by molar-refractivity contribution is 7.89. The summed E-state index contributed by atoms with van der Waals surface area (Å²) in [6.45, 7) is 1.49. The minimum Gasteiger partial charge on any atom is -0.398 e. The Hall–Kier alpha value is -2.65. The molecule has 1 atom stereocenters. The molecule has 0 spiro atoms. The normalized spacial score (nSPS) is 19.0. The summed E-state index contributed by atoms with van der Waals surface area (Å²) >= 11 is 0. The Kier molecular flexibility index (Phi) is 6.27. The van der Waals surface area contributed by atoms with E-state index in [0.29, 0.717) is 0 Å². The van der Waals surface area contributed by atoms with Gasteiger partial charge in [-0.05, 0) is 19.1 Å². The summed E-state index contributed by atoms with van der Waals surface area (Å²) in [6, 6.07) is 5.31. The molecule has 1 aliphatic rings. The van der Waals surface area contributed by atoms with Gasteiger partial charge in [-0.3, -0.25) is 0 Å². The van der Waals surface area contributed by atoms with Crippen LogP contribution < -0.4 is 10.6 Å². The summed E-state index contributed by atoms with van der Waals surface area (Å²) < 4.78 is 105. The number of nitrogens with zero attached hydrogens (tertiary/aromatic N) is 4. The number of halogens is 6. The number of benzene rings is 1. The van der Waals surface area contributed by atoms with Crippen molar-refractivity contribution < 1.29 is 39.9 Å². The van der Waals surface area contributed by atoms with Gasteiger partial charge >= 0.3 is 12.4 Å². The second-order valence-corrected chi connectivity index (χ2v) is 9.33. The van der Waals surface area contributed by atoms with E-state index in [0.717, 1.165) is 0 Å². The molecule has 0 bridgehead atoms. The smallest absolute Gasteiger partial charge is 0.398 e. The third kappa shape index (κ3) is 4.31. The van der Waals surface area contributed by atoms with E-state index in [1.54, 1.807) is 13.0 Å². The molecule has 0 radical (unpaired) electrons. The summed E-state index contributed by atoms with van der Waals surface area (Å²) in [6.07, 6.45) is -11.6. The summed E-state index contributed by atoms with van der Waals surface area (Å²) in [7, 11) is -3.93. The van der Waals surface area contributed by atoms with Gasteiger partial charge in [-0.1, -0.05) is 12.1 Å². The molecule has 1 aliphatic heterocycles. The first-order valence-corrected chi connectivity index (χ1v) is 10.8. The van der Waals surface area contributed by atoms with Gasteiger partial charge in [0.2, 0.25) is 16.0 Å². The molecule has 1 aromatic heterocycles. The summed E-state index contributed by atoms with van der Waals surface area (Å²) in [5.41, 5.74) is -0.893. The molecular formula is C18H19F6N5O3S. The molecule has 1 fully saturated rings. The standard InChI is InChI=1S/C18H19F6N5O3S/c1-11-10-28(33(31,32)14-5-3-2-4-13(14)25)6-7-29(11)15-26-8-12(9-27-15)16(30,17(19,20)21)18(22,23)24/h2-5,8-9,11,30H,6-7,10,25H2,1H3. The van der Waals surface area contributed by atoms with E-state index in [1.165, 1.54) is 27.4 Å². The fraction of sp³-hybridized carbons (Fsp3) is 0.444. The minimum atomic E-state index is -6.05. The molecule has 1 saturated heterocycles. The number of rotatable bonds is 4. The molecule has 1 unspecified atom stereocenters. The highest BCUT2D eigenvalue weighted by Gasteiger charge is 2.71. The van der Waals surface area contributed by atoms with Crippen molar-refractivity contribution in [2.24, 2.45) is 0 Å². The van der Waals surface area contributed by atoms with E-state index in [4.69, 9.17) is 5.73 Å². The number of sulfonamides is 1. The Bertz CT molecular complexity index is 1090. The molecule has 2 aromatic rings. The molecule has 8 nitrogen and oxygen atoms in total. The van der Waals surface area contributed by atoms with E-state index in [2.05, 4.69) is 9.97 Å². The van der Waals surface area contributed by atoms with Gasteiger partial charge in [0.1, 0.15) is 4.90 Å². The maximum atomic E-state index is 13.0. The van der Waals surface area contributed by atoms with Crippen molar-refractivity contribution in [1.29, 1.82) is 0 Å². The van der Waals surface area contributed by atoms with Gasteiger partial charge in [-0.25, -0.2) is 18.4 Å². The second-order valence-electron chi connectivity index (χ2n) is 7.42. The molecule has 15 heteroatoms. The molecular weight excluding hydrogens is 480 g/mol. The third-order valence-electron chi connectivity index (χ3n) is 5.26. The highest BCUT2D eigenvalue weighted by atomic mass is 32.2. The van der Waals surface area contributed by atoms with Crippen molar-refractivity contribution in [3.63, 3.8) is 0 Å². The van der Waals surface area contributed by atoms with Crippen molar-refractivity contribution in [2.75, 3.05) is 30.3 Å². The zero-order valence-electron chi connectivity index (χ0n) is 17.0. The lowest BCUT2D eigenvalue weighted by molar-refractivity contribution is -0.376. The number of aliphatic hydroxyl groups is 1. The fourth-order valence-electron chi connectivity index (χ4n) is 3.44. The van der Waals surface area contributed by atoms with Gasteiger partial charge in [-0.2, -0.15) is 30.6 Å². The number of nitrogens with two attached hydrogens (primary N) is 1. The Labute approximate surface area is 184 Å². The number of aromatic nitrogens is 2. The van der Waals surface area contributed by atoms with Crippen molar-refractivity contribution in [2.45, 2.75) is 35.8 Å². The lowest BCUT2D eigenvalue weighted by atomic mass is 9.95. The topological polar surface area (TPSA) is 113 Å². The van der Waals surface area contributed by atoms with Gasteiger partial charge in [-0.15, -0.1) is 0 Å². The molecule has 1 aromatic carbocycles. The number of para-hydroxylation sites is 1. The van der Waals surface area contributed by atoms with E-state index >= 15 is 0 Å². The molecule has 182 valence electrons. The molecule has 0 saturated carbocycles. The number of nitrogen functional groups attached to an aromatic ring is 1. The number of alkyl halides is 6. The number of hydrogen-bond donors (Lipinski definition) is 2. The van der Waals surface area contributed by atoms with Crippen molar-refractivity contribution in [3.05, 3.63) is 42.2 Å². The maximum Gasteiger partial charge on any atom is 0.430 e. The van der Waals surface area contributed by atoms with Gasteiger partial charge in [0, 0.05) is 43.6 Å². The fourth-order valence-corrected chi connectivity index (χ4v) is 5.07. The lowest BCUT2D eigenvalue weighted by Gasteiger charge is -2.39. The first kappa shape index (κ1) is 25.0. The predicted octanol–water partition coefficient (Wildman–Crippen LogP) is 2.27. The van der Waals surface area contributed by atoms with E-state index in [9.17, 15) is 39.9 Å². The largest absolute Gasteiger partial charge is 0.430 e. The molecule has 0 aliphatic carbocycles. The van der Waals surface area contributed by atoms with Gasteiger partial charge in [0.15, 0.2) is 0 Å². The van der Waals surface area contributed by atoms with Crippen LogP contribution in [0.4, 0.5) is 38.0 Å². The monoisotopic (exact) mass is 499 g/mol. The molecule has 2 heterocycles. The van der Waals surface area contributed by atoms with E-state index in [-0.39, 0.29) is 48.6 Å². The maximum absolute atomic E-state index is 13.0. The molecule has 3 rings (SSSR count). The van der Waals surface area contributed by atoms with Crippen LogP contribution in [0.1, 0.15) is 12.5 Å². The van der Waals surface area contributed by atoms with Crippen molar-refractivity contribution in [1.82, 2.24) is 14.3 Å². The highest BCUT2D eigenvalue weighted by Crippen LogP contribution is 2.49. The van der Waals surface area contributed by atoms with Crippen LogP contribution in [0.3, 0.4) is 0 Å². The lowest BCUT2D eigenvalue weighted by Crippen LogP contribution is -2.55. The Morgan fingerprint density at radius 2 is 1.58 bits per heavy atom. The van der Waals surface area contributed by atoms with Crippen LogP contribution >= 0.6 is 0 Å². The number of anilines is 2. The molecule has 0 amide bonds. The Morgan fingerprint density at radius 3 is 2.06 bits per heavy atom. The van der Waals surface area contributed by atoms with Crippen LogP contribution in [0, 0.1) is 0 Å². The molecule has 33 heavy (non-hydrogen) atoms. The summed E-state index contributed by atoms with van der Waals surface area (Å²) in [4.78, 5) is 8.50. The van der Waals surface area contributed by atoms with Gasteiger partial charge < -0.3 is 15.7 Å². The van der Waals surface area contributed by atoms with Crippen molar-refractivity contribution >= 4 is 21.7 Å². The van der Waals surface area contributed by atoms with Crippen LogP contribution in [0.2, 0.25) is 0 Å². The average molecular weight is 499 g/mol. The van der Waals surface area contributed by atoms with Gasteiger partial charge in [0.05, 0.1) is 5.69 Å². The van der Waals surface area contributed by atoms with Crippen LogP contribution in [-0.4, -0.2) is 65.8 Å². The second kappa shape index (κ2) is 8.29. The van der Waals surface area contributed by atoms with Crippen LogP contribution in [-0.2, 0) is 15.6 Å². The Balaban J connectivity index is 1.82. The zero-order valence-corrected chi connectivity index (χ0v) is 17.8. The van der Waals surface area contributed by atoms with Crippen LogP contribution in [0.5, 0.6) is 0 Å². The third-order valence-corrected chi connectivity index (χ3v) is 7.20. The average Bonchev–Trinajstić information content (AvgIpc) is 2.72. The van der Waals surface area contributed by atoms with E-state index in [1.807, 2.05) is 0 Å². The zero-order chi connectivity index (χ0) is 24.8.